The molecule has 0 spiro atoms. The lowest BCUT2D eigenvalue weighted by molar-refractivity contribution is -0.137. The molecule has 0 radical (unpaired) electrons. The molecule has 0 saturated carbocycles. The highest BCUT2D eigenvalue weighted by Crippen LogP contribution is 2.33. The van der Waals surface area contributed by atoms with Gasteiger partial charge in [0, 0.05) is 5.92 Å². The van der Waals surface area contributed by atoms with Crippen molar-refractivity contribution in [2.24, 2.45) is 0 Å². The standard InChI is InChI=1S/C8H9NO4/c10-6(11)3-4-1-2-5-7(4)13-9-8(5)12/h4H,1-3H2,(H,9,12)(H,10,11). The summed E-state index contributed by atoms with van der Waals surface area (Å²) in [6, 6.07) is 0. The Morgan fingerprint density at radius 3 is 3.15 bits per heavy atom. The fourth-order valence-corrected chi connectivity index (χ4v) is 1.76. The number of aliphatic carboxylic acids is 1. The van der Waals surface area contributed by atoms with Crippen LogP contribution in [0.3, 0.4) is 0 Å². The first kappa shape index (κ1) is 8.10. The van der Waals surface area contributed by atoms with Crippen molar-refractivity contribution >= 4 is 5.97 Å². The Morgan fingerprint density at radius 1 is 1.69 bits per heavy atom. The largest absolute Gasteiger partial charge is 0.481 e. The number of H-pyrrole nitrogens is 1. The maximum absolute atomic E-state index is 11.0. The molecule has 0 fully saturated rings. The van der Waals surface area contributed by atoms with E-state index in [0.717, 1.165) is 0 Å². The van der Waals surface area contributed by atoms with Crippen LogP contribution in [0.5, 0.6) is 0 Å². The Balaban J connectivity index is 2.28. The topological polar surface area (TPSA) is 83.3 Å². The van der Waals surface area contributed by atoms with Gasteiger partial charge in [-0.15, -0.1) is 0 Å². The molecule has 0 amide bonds. The van der Waals surface area contributed by atoms with Gasteiger partial charge in [0.1, 0.15) is 5.76 Å². The van der Waals surface area contributed by atoms with Crippen LogP contribution in [0.4, 0.5) is 0 Å². The minimum atomic E-state index is -0.860. The van der Waals surface area contributed by atoms with Crippen molar-refractivity contribution in [3.8, 4) is 0 Å². The molecule has 0 aromatic carbocycles. The van der Waals surface area contributed by atoms with Crippen LogP contribution in [-0.2, 0) is 11.2 Å². The summed E-state index contributed by atoms with van der Waals surface area (Å²) >= 11 is 0. The van der Waals surface area contributed by atoms with Crippen molar-refractivity contribution in [1.82, 2.24) is 5.16 Å². The van der Waals surface area contributed by atoms with Crippen LogP contribution < -0.4 is 5.56 Å². The Labute approximate surface area is 73.3 Å². The number of carboxylic acids is 1. The molecule has 1 aromatic rings. The third-order valence-corrected chi connectivity index (χ3v) is 2.36. The molecule has 0 aliphatic heterocycles. The van der Waals surface area contributed by atoms with E-state index in [0.29, 0.717) is 24.2 Å². The molecule has 2 rings (SSSR count). The van der Waals surface area contributed by atoms with Crippen LogP contribution in [0.2, 0.25) is 0 Å². The summed E-state index contributed by atoms with van der Waals surface area (Å²) in [6.07, 6.45) is 1.36. The first-order chi connectivity index (χ1) is 6.18. The van der Waals surface area contributed by atoms with E-state index in [4.69, 9.17) is 9.63 Å². The molecular formula is C8H9NO4. The van der Waals surface area contributed by atoms with E-state index in [2.05, 4.69) is 5.16 Å². The van der Waals surface area contributed by atoms with Crippen molar-refractivity contribution in [3.05, 3.63) is 21.7 Å². The predicted octanol–water partition coefficient (Wildman–Crippen LogP) is 0.472. The van der Waals surface area contributed by atoms with Crippen molar-refractivity contribution in [3.63, 3.8) is 0 Å². The highest BCUT2D eigenvalue weighted by molar-refractivity contribution is 5.68. The van der Waals surface area contributed by atoms with Gasteiger partial charge in [-0.2, -0.15) is 5.16 Å². The SMILES string of the molecule is O=C(O)CC1CCc2c1o[nH]c2=O. The lowest BCUT2D eigenvalue weighted by atomic mass is 10.0. The van der Waals surface area contributed by atoms with Crippen LogP contribution in [-0.4, -0.2) is 16.2 Å². The maximum Gasteiger partial charge on any atom is 0.304 e. The maximum atomic E-state index is 11.0. The zero-order chi connectivity index (χ0) is 9.42. The van der Waals surface area contributed by atoms with E-state index in [1.54, 1.807) is 0 Å². The normalized spacial score (nSPS) is 20.2. The summed E-state index contributed by atoms with van der Waals surface area (Å²) in [5.41, 5.74) is 0.397. The third kappa shape index (κ3) is 1.26. The minimum absolute atomic E-state index is 0.0355. The number of nitrogens with one attached hydrogen (secondary N) is 1. The summed E-state index contributed by atoms with van der Waals surface area (Å²) in [6.45, 7) is 0. The average molecular weight is 183 g/mol. The van der Waals surface area contributed by atoms with E-state index in [1.807, 2.05) is 0 Å². The molecule has 5 nitrogen and oxygen atoms in total. The van der Waals surface area contributed by atoms with Crippen LogP contribution >= 0.6 is 0 Å². The highest BCUT2D eigenvalue weighted by atomic mass is 16.5. The van der Waals surface area contributed by atoms with Crippen LogP contribution in [0.15, 0.2) is 9.32 Å². The molecule has 1 aliphatic carbocycles. The van der Waals surface area contributed by atoms with Gasteiger partial charge >= 0.3 is 5.97 Å². The molecule has 0 bridgehead atoms. The number of carboxylic acid groups (broad SMARTS) is 1. The predicted molar refractivity (Wildman–Crippen MR) is 42.6 cm³/mol. The summed E-state index contributed by atoms with van der Waals surface area (Å²) in [4.78, 5) is 21.5. The first-order valence-corrected chi connectivity index (χ1v) is 4.10. The van der Waals surface area contributed by atoms with Crippen molar-refractivity contribution < 1.29 is 14.4 Å². The second-order valence-electron chi connectivity index (χ2n) is 3.21. The average Bonchev–Trinajstić information content (AvgIpc) is 2.56. The van der Waals surface area contributed by atoms with Crippen LogP contribution in [0.1, 0.15) is 30.1 Å². The molecule has 1 aliphatic rings. The van der Waals surface area contributed by atoms with E-state index in [1.165, 1.54) is 0 Å². The van der Waals surface area contributed by atoms with Crippen molar-refractivity contribution in [2.75, 3.05) is 0 Å². The van der Waals surface area contributed by atoms with Gasteiger partial charge in [-0.25, -0.2) is 0 Å². The number of hydrogen-bond acceptors (Lipinski definition) is 3. The van der Waals surface area contributed by atoms with Gasteiger partial charge in [0.25, 0.3) is 5.56 Å². The van der Waals surface area contributed by atoms with Gasteiger partial charge in [-0.1, -0.05) is 0 Å². The van der Waals surface area contributed by atoms with Crippen LogP contribution in [0, 0.1) is 0 Å². The molecule has 5 heteroatoms. The fourth-order valence-electron chi connectivity index (χ4n) is 1.76. The number of aromatic nitrogens is 1. The Kier molecular flexibility index (Phi) is 1.72. The monoisotopic (exact) mass is 183 g/mol. The number of fused-ring (bicyclic) bond motifs is 1. The first-order valence-electron chi connectivity index (χ1n) is 4.10. The molecule has 1 heterocycles. The quantitative estimate of drug-likeness (QED) is 0.698. The zero-order valence-electron chi connectivity index (χ0n) is 6.87. The van der Waals surface area contributed by atoms with Gasteiger partial charge in [0.05, 0.1) is 12.0 Å². The van der Waals surface area contributed by atoms with E-state index >= 15 is 0 Å². The minimum Gasteiger partial charge on any atom is -0.481 e. The van der Waals surface area contributed by atoms with E-state index < -0.39 is 5.97 Å². The highest BCUT2D eigenvalue weighted by Gasteiger charge is 2.30. The van der Waals surface area contributed by atoms with Gasteiger partial charge < -0.3 is 9.63 Å². The molecule has 70 valence electrons. The summed E-state index contributed by atoms with van der Waals surface area (Å²) < 4.78 is 4.92. The van der Waals surface area contributed by atoms with Crippen LogP contribution in [0.25, 0.3) is 0 Å². The summed E-state index contributed by atoms with van der Waals surface area (Å²) in [5.74, 6) is -0.458. The fraction of sp³-hybridized carbons (Fsp3) is 0.500. The molecule has 1 atom stereocenters. The molecule has 13 heavy (non-hydrogen) atoms. The van der Waals surface area contributed by atoms with Gasteiger partial charge in [-0.05, 0) is 12.8 Å². The molecular weight excluding hydrogens is 174 g/mol. The third-order valence-electron chi connectivity index (χ3n) is 2.36. The number of carbonyl (C=O) groups is 1. The molecule has 1 aromatic heterocycles. The van der Waals surface area contributed by atoms with Gasteiger partial charge in [-0.3, -0.25) is 9.59 Å². The van der Waals surface area contributed by atoms with Crippen molar-refractivity contribution in [2.45, 2.75) is 25.2 Å². The Morgan fingerprint density at radius 2 is 2.46 bits per heavy atom. The second kappa shape index (κ2) is 2.76. The smallest absolute Gasteiger partial charge is 0.304 e. The number of aromatic amines is 1. The zero-order valence-corrected chi connectivity index (χ0v) is 6.87. The van der Waals surface area contributed by atoms with E-state index in [-0.39, 0.29) is 17.9 Å². The summed E-state index contributed by atoms with van der Waals surface area (Å²) in [7, 11) is 0. The molecule has 1 unspecified atom stereocenters. The lowest BCUT2D eigenvalue weighted by Gasteiger charge is -2.02. The van der Waals surface area contributed by atoms with Gasteiger partial charge in [0.15, 0.2) is 0 Å². The lowest BCUT2D eigenvalue weighted by Crippen LogP contribution is -2.02. The second-order valence-corrected chi connectivity index (χ2v) is 3.21. The number of rotatable bonds is 2. The van der Waals surface area contributed by atoms with Gasteiger partial charge in [0.2, 0.25) is 0 Å². The summed E-state index contributed by atoms with van der Waals surface area (Å²) in [5, 5.41) is 10.8. The molecule has 0 saturated heterocycles. The molecule has 2 N–H and O–H groups in total. The number of hydrogen-bond donors (Lipinski definition) is 2. The van der Waals surface area contributed by atoms with Crippen molar-refractivity contribution in [1.29, 1.82) is 0 Å². The Bertz CT molecular complexity index is 389. The Hall–Kier alpha value is -1.52. The van der Waals surface area contributed by atoms with E-state index in [9.17, 15) is 9.59 Å².